The van der Waals surface area contributed by atoms with Crippen molar-refractivity contribution in [1.29, 1.82) is 0 Å². The van der Waals surface area contributed by atoms with Crippen LogP contribution in [0.15, 0.2) is 23.0 Å². The van der Waals surface area contributed by atoms with Crippen molar-refractivity contribution in [1.82, 2.24) is 35.0 Å². The number of aromatic amines is 1. The van der Waals surface area contributed by atoms with E-state index >= 15 is 0 Å². The van der Waals surface area contributed by atoms with Crippen molar-refractivity contribution < 1.29 is 4.74 Å². The van der Waals surface area contributed by atoms with E-state index in [-0.39, 0.29) is 17.7 Å². The van der Waals surface area contributed by atoms with Crippen LogP contribution in [-0.2, 0) is 11.3 Å². The number of nitrogens with zero attached hydrogens (tertiary/aromatic N) is 6. The maximum atomic E-state index is 13.3. The molecule has 0 amide bonds. The third-order valence-corrected chi connectivity index (χ3v) is 6.89. The average Bonchev–Trinajstić information content (AvgIpc) is 3.44. The fraction of sp³-hybridized carbons (Fsp3) is 0.565. The Morgan fingerprint density at radius 1 is 1.16 bits per heavy atom. The number of hydrogen-bond donors (Lipinski definition) is 1. The second-order valence-corrected chi connectivity index (χ2v) is 9.17. The number of nitrogens with one attached hydrogen (secondary N) is 1. The molecule has 0 aliphatic carbocycles. The van der Waals surface area contributed by atoms with Crippen LogP contribution in [0.2, 0.25) is 0 Å². The summed E-state index contributed by atoms with van der Waals surface area (Å²) in [5, 5.41) is 13.7. The Kier molecular flexibility index (Phi) is 5.79. The molecule has 0 bridgehead atoms. The Balaban J connectivity index is 1.60. The second-order valence-electron chi connectivity index (χ2n) is 9.17. The van der Waals surface area contributed by atoms with Gasteiger partial charge in [-0.25, -0.2) is 4.68 Å². The predicted octanol–water partition coefficient (Wildman–Crippen LogP) is 1.65. The third kappa shape index (κ3) is 4.07. The highest BCUT2D eigenvalue weighted by atomic mass is 16.5. The number of aryl methyl sites for hydroxylation is 2. The van der Waals surface area contributed by atoms with E-state index in [1.165, 1.54) is 5.56 Å². The molecule has 2 saturated heterocycles. The number of rotatable bonds is 5. The number of tetrazole rings is 1. The molecule has 2 aromatic heterocycles. The van der Waals surface area contributed by atoms with Crippen molar-refractivity contribution in [3.8, 4) is 0 Å². The van der Waals surface area contributed by atoms with Gasteiger partial charge in [-0.2, -0.15) is 0 Å². The SMILES string of the molecule is Cc1cc2cc([C@H](c3nnnn3C[C@H]3CCCO3)N3CCN(C)CC3)c(=O)[nH]c2cc1C. The van der Waals surface area contributed by atoms with Gasteiger partial charge in [0.15, 0.2) is 5.82 Å². The van der Waals surface area contributed by atoms with Gasteiger partial charge in [-0.1, -0.05) is 0 Å². The number of likely N-dealkylation sites (N-methyl/N-ethyl adjacent to an activating group) is 1. The van der Waals surface area contributed by atoms with Crippen LogP contribution in [0.25, 0.3) is 10.9 Å². The van der Waals surface area contributed by atoms with E-state index < -0.39 is 0 Å². The summed E-state index contributed by atoms with van der Waals surface area (Å²) in [5.74, 6) is 0.707. The van der Waals surface area contributed by atoms with Crippen LogP contribution in [0.4, 0.5) is 0 Å². The number of H-pyrrole nitrogens is 1. The van der Waals surface area contributed by atoms with E-state index in [2.05, 4.69) is 57.3 Å². The highest BCUT2D eigenvalue weighted by Crippen LogP contribution is 2.29. The van der Waals surface area contributed by atoms with Gasteiger partial charge in [0.05, 0.1) is 12.6 Å². The van der Waals surface area contributed by atoms with Crippen LogP contribution in [0.5, 0.6) is 0 Å². The average molecular weight is 438 g/mol. The lowest BCUT2D eigenvalue weighted by Gasteiger charge is -2.37. The molecule has 32 heavy (non-hydrogen) atoms. The van der Waals surface area contributed by atoms with Gasteiger partial charge < -0.3 is 14.6 Å². The largest absolute Gasteiger partial charge is 0.376 e. The summed E-state index contributed by atoms with van der Waals surface area (Å²) >= 11 is 0. The van der Waals surface area contributed by atoms with Gasteiger partial charge in [-0.05, 0) is 78.9 Å². The first kappa shape index (κ1) is 21.2. The monoisotopic (exact) mass is 437 g/mol. The lowest BCUT2D eigenvalue weighted by atomic mass is 10.00. The van der Waals surface area contributed by atoms with Crippen molar-refractivity contribution >= 4 is 10.9 Å². The molecular formula is C23H31N7O2. The highest BCUT2D eigenvalue weighted by Gasteiger charge is 2.33. The lowest BCUT2D eigenvalue weighted by molar-refractivity contribution is 0.0878. The van der Waals surface area contributed by atoms with Gasteiger partial charge in [0, 0.05) is 43.9 Å². The molecule has 0 spiro atoms. The molecule has 0 unspecified atom stereocenters. The Hall–Kier alpha value is -2.62. The molecule has 5 rings (SSSR count). The zero-order chi connectivity index (χ0) is 22.2. The molecule has 4 heterocycles. The molecule has 2 aliphatic heterocycles. The summed E-state index contributed by atoms with van der Waals surface area (Å²) in [4.78, 5) is 21.1. The van der Waals surface area contributed by atoms with Crippen LogP contribution in [0.1, 0.15) is 41.4 Å². The Morgan fingerprint density at radius 3 is 2.69 bits per heavy atom. The van der Waals surface area contributed by atoms with E-state index in [1.807, 2.05) is 16.8 Å². The number of ether oxygens (including phenoxy) is 1. The van der Waals surface area contributed by atoms with E-state index in [9.17, 15) is 4.79 Å². The van der Waals surface area contributed by atoms with Crippen LogP contribution in [-0.4, -0.2) is 80.9 Å². The fourth-order valence-corrected chi connectivity index (χ4v) is 4.79. The van der Waals surface area contributed by atoms with Gasteiger partial charge in [-0.15, -0.1) is 5.10 Å². The first-order chi connectivity index (χ1) is 15.5. The number of pyridine rings is 1. The van der Waals surface area contributed by atoms with E-state index in [0.717, 1.165) is 62.1 Å². The minimum atomic E-state index is -0.310. The van der Waals surface area contributed by atoms with E-state index in [4.69, 9.17) is 4.74 Å². The van der Waals surface area contributed by atoms with Gasteiger partial charge in [-0.3, -0.25) is 9.69 Å². The normalized spacial score (nSPS) is 21.4. The third-order valence-electron chi connectivity index (χ3n) is 6.89. The fourth-order valence-electron chi connectivity index (χ4n) is 4.79. The Bertz CT molecular complexity index is 1160. The molecule has 3 aromatic rings. The summed E-state index contributed by atoms with van der Waals surface area (Å²) in [6.45, 7) is 9.12. The summed E-state index contributed by atoms with van der Waals surface area (Å²) in [7, 11) is 2.13. The highest BCUT2D eigenvalue weighted by molar-refractivity contribution is 5.81. The lowest BCUT2D eigenvalue weighted by Crippen LogP contribution is -2.47. The molecule has 2 aliphatic rings. The topological polar surface area (TPSA) is 92.2 Å². The maximum absolute atomic E-state index is 13.3. The minimum Gasteiger partial charge on any atom is -0.376 e. The molecule has 0 saturated carbocycles. The van der Waals surface area contributed by atoms with Crippen LogP contribution < -0.4 is 5.56 Å². The van der Waals surface area contributed by atoms with Crippen LogP contribution in [0, 0.1) is 13.8 Å². The van der Waals surface area contributed by atoms with Crippen molar-refractivity contribution in [2.24, 2.45) is 0 Å². The van der Waals surface area contributed by atoms with Crippen molar-refractivity contribution in [3.63, 3.8) is 0 Å². The molecule has 9 nitrogen and oxygen atoms in total. The van der Waals surface area contributed by atoms with Gasteiger partial charge in [0.25, 0.3) is 5.56 Å². The molecule has 170 valence electrons. The molecule has 0 radical (unpaired) electrons. The number of hydrogen-bond acceptors (Lipinski definition) is 7. The van der Waals surface area contributed by atoms with Gasteiger partial charge in [0.1, 0.15) is 6.04 Å². The quantitative estimate of drug-likeness (QED) is 0.649. The van der Waals surface area contributed by atoms with Gasteiger partial charge in [0.2, 0.25) is 0 Å². The second kappa shape index (κ2) is 8.73. The number of aromatic nitrogens is 5. The van der Waals surface area contributed by atoms with Crippen molar-refractivity contribution in [2.75, 3.05) is 39.8 Å². The summed E-state index contributed by atoms with van der Waals surface area (Å²) in [6.07, 6.45) is 2.19. The number of piperazine rings is 1. The molecule has 2 fully saturated rings. The van der Waals surface area contributed by atoms with Crippen LogP contribution in [0.3, 0.4) is 0 Å². The first-order valence-corrected chi connectivity index (χ1v) is 11.4. The predicted molar refractivity (Wildman–Crippen MR) is 122 cm³/mol. The Morgan fingerprint density at radius 2 is 1.94 bits per heavy atom. The Labute approximate surface area is 187 Å². The molecule has 1 aromatic carbocycles. The number of fused-ring (bicyclic) bond motifs is 1. The standard InChI is InChI=1S/C23H31N7O2/c1-15-11-17-13-19(23(31)24-20(17)12-16(15)2)21(29-8-6-28(3)7-9-29)22-25-26-27-30(22)14-18-5-4-10-32-18/h11-13,18,21H,4-10,14H2,1-3H3,(H,24,31)/t18-,21-/m1/s1. The number of benzene rings is 1. The zero-order valence-electron chi connectivity index (χ0n) is 19.0. The molecule has 2 atom stereocenters. The summed E-state index contributed by atoms with van der Waals surface area (Å²) in [5.41, 5.74) is 3.83. The summed E-state index contributed by atoms with van der Waals surface area (Å²) < 4.78 is 7.66. The van der Waals surface area contributed by atoms with Crippen LogP contribution >= 0.6 is 0 Å². The molecular weight excluding hydrogens is 406 g/mol. The van der Waals surface area contributed by atoms with Crippen molar-refractivity contribution in [3.05, 3.63) is 51.1 Å². The van der Waals surface area contributed by atoms with E-state index in [1.54, 1.807) is 0 Å². The maximum Gasteiger partial charge on any atom is 0.253 e. The molecule has 9 heteroatoms. The zero-order valence-corrected chi connectivity index (χ0v) is 19.0. The van der Waals surface area contributed by atoms with Gasteiger partial charge >= 0.3 is 0 Å². The minimum absolute atomic E-state index is 0.0867. The van der Waals surface area contributed by atoms with E-state index in [0.29, 0.717) is 17.9 Å². The first-order valence-electron chi connectivity index (χ1n) is 11.4. The smallest absolute Gasteiger partial charge is 0.253 e. The molecule has 1 N–H and O–H groups in total. The van der Waals surface area contributed by atoms with Crippen molar-refractivity contribution in [2.45, 2.75) is 45.4 Å². The summed E-state index contributed by atoms with van der Waals surface area (Å²) in [6, 6.07) is 5.90.